The van der Waals surface area contributed by atoms with E-state index in [1.54, 1.807) is 31.2 Å². The number of carbonyl (C=O) groups excluding carboxylic acids is 2. The van der Waals surface area contributed by atoms with Gasteiger partial charge in [-0.3, -0.25) is 4.79 Å². The first-order chi connectivity index (χ1) is 14.4. The lowest BCUT2D eigenvalue weighted by molar-refractivity contribution is -0.149. The normalized spacial score (nSPS) is 16.6. The number of esters is 1. The van der Waals surface area contributed by atoms with Gasteiger partial charge < -0.3 is 19.7 Å². The molecule has 1 atom stereocenters. The summed E-state index contributed by atoms with van der Waals surface area (Å²) in [6.07, 6.45) is 2.68. The summed E-state index contributed by atoms with van der Waals surface area (Å²) in [6, 6.07) is 8.43. The first-order valence-corrected chi connectivity index (χ1v) is 10.1. The fourth-order valence-electron chi connectivity index (χ4n) is 3.94. The first kappa shape index (κ1) is 20.6. The molecule has 2 N–H and O–H groups in total. The number of fused-ring (bicyclic) bond motifs is 1. The first-order valence-electron chi connectivity index (χ1n) is 10.1. The molecule has 156 valence electrons. The summed E-state index contributed by atoms with van der Waals surface area (Å²) in [5.41, 5.74) is 3.18. The molecule has 1 aliphatic carbocycles. The Morgan fingerprint density at radius 3 is 2.67 bits per heavy atom. The number of halogens is 1. The number of hydrogen-bond donors (Lipinski definition) is 2. The monoisotopic (exact) mass is 411 g/mol. The van der Waals surface area contributed by atoms with Crippen LogP contribution < -0.4 is 10.8 Å². The molecule has 8 heteroatoms. The molecule has 2 aromatic rings. The molecular formula is C22H23BFNO5. The summed E-state index contributed by atoms with van der Waals surface area (Å²) < 4.78 is 23.7. The number of benzene rings is 2. The minimum atomic E-state index is -1.05. The number of ether oxygens (including phenoxy) is 1. The van der Waals surface area contributed by atoms with Crippen molar-refractivity contribution in [1.82, 2.24) is 5.32 Å². The quantitative estimate of drug-likeness (QED) is 0.561. The van der Waals surface area contributed by atoms with E-state index in [1.807, 2.05) is 0 Å². The topological polar surface area (TPSA) is 84.9 Å². The van der Waals surface area contributed by atoms with Gasteiger partial charge in [-0.1, -0.05) is 24.6 Å². The molecule has 0 aromatic heterocycles. The molecule has 1 amide bonds. The summed E-state index contributed by atoms with van der Waals surface area (Å²) in [5.74, 6) is -1.21. The molecule has 6 nitrogen and oxygen atoms in total. The molecule has 1 saturated carbocycles. The summed E-state index contributed by atoms with van der Waals surface area (Å²) >= 11 is 0. The van der Waals surface area contributed by atoms with Crippen molar-refractivity contribution in [2.45, 2.75) is 45.4 Å². The van der Waals surface area contributed by atoms with Crippen molar-refractivity contribution < 1.29 is 28.4 Å². The van der Waals surface area contributed by atoms with Gasteiger partial charge in [0.05, 0.1) is 6.61 Å². The van der Waals surface area contributed by atoms with Crippen LogP contribution in [0.15, 0.2) is 36.4 Å². The number of nitrogens with one attached hydrogen (secondary N) is 1. The number of carbonyl (C=O) groups is 2. The second-order valence-electron chi connectivity index (χ2n) is 7.85. The number of rotatable bonds is 6. The molecule has 0 saturated heterocycles. The molecule has 1 aliphatic heterocycles. The SMILES string of the molecule is Cc1c(C(=O)N[C@H](C(=O)OCc2ccc(F)cc2)C2CCC2)ccc2c1B(O)OC2. The molecule has 2 aliphatic rings. The molecule has 1 heterocycles. The van der Waals surface area contributed by atoms with E-state index in [2.05, 4.69) is 5.32 Å². The van der Waals surface area contributed by atoms with E-state index in [1.165, 1.54) is 12.1 Å². The Morgan fingerprint density at radius 2 is 2.00 bits per heavy atom. The molecule has 4 rings (SSSR count). The molecule has 1 fully saturated rings. The van der Waals surface area contributed by atoms with Gasteiger partial charge in [0, 0.05) is 5.56 Å². The van der Waals surface area contributed by atoms with Crippen LogP contribution in [0.2, 0.25) is 0 Å². The van der Waals surface area contributed by atoms with Crippen molar-refractivity contribution in [2.75, 3.05) is 0 Å². The van der Waals surface area contributed by atoms with Gasteiger partial charge in [0.15, 0.2) is 0 Å². The van der Waals surface area contributed by atoms with Gasteiger partial charge in [-0.05, 0) is 66.0 Å². The van der Waals surface area contributed by atoms with E-state index in [0.29, 0.717) is 28.8 Å². The Bertz CT molecular complexity index is 961. The van der Waals surface area contributed by atoms with E-state index >= 15 is 0 Å². The third kappa shape index (κ3) is 4.11. The predicted molar refractivity (Wildman–Crippen MR) is 108 cm³/mol. The van der Waals surface area contributed by atoms with E-state index in [4.69, 9.17) is 9.39 Å². The zero-order valence-electron chi connectivity index (χ0n) is 16.7. The zero-order chi connectivity index (χ0) is 21.3. The van der Waals surface area contributed by atoms with Gasteiger partial charge in [0.1, 0.15) is 18.5 Å². The third-order valence-electron chi connectivity index (χ3n) is 5.95. The molecular weight excluding hydrogens is 388 g/mol. The fourth-order valence-corrected chi connectivity index (χ4v) is 3.94. The minimum Gasteiger partial charge on any atom is -0.459 e. The van der Waals surface area contributed by atoms with Gasteiger partial charge in [-0.2, -0.15) is 0 Å². The lowest BCUT2D eigenvalue weighted by Gasteiger charge is -2.32. The van der Waals surface area contributed by atoms with Crippen LogP contribution in [0.5, 0.6) is 0 Å². The van der Waals surface area contributed by atoms with Crippen molar-refractivity contribution in [2.24, 2.45) is 5.92 Å². The van der Waals surface area contributed by atoms with Crippen molar-refractivity contribution in [1.29, 1.82) is 0 Å². The predicted octanol–water partition coefficient (Wildman–Crippen LogP) is 1.99. The summed E-state index contributed by atoms with van der Waals surface area (Å²) in [4.78, 5) is 25.7. The fraction of sp³-hybridized carbons (Fsp3) is 0.364. The third-order valence-corrected chi connectivity index (χ3v) is 5.95. The van der Waals surface area contributed by atoms with Gasteiger partial charge in [0.2, 0.25) is 0 Å². The molecule has 0 radical (unpaired) electrons. The highest BCUT2D eigenvalue weighted by molar-refractivity contribution is 6.62. The Kier molecular flexibility index (Phi) is 5.88. The average Bonchev–Trinajstić information content (AvgIpc) is 3.07. The molecule has 0 bridgehead atoms. The van der Waals surface area contributed by atoms with Gasteiger partial charge >= 0.3 is 13.1 Å². The van der Waals surface area contributed by atoms with E-state index in [0.717, 1.165) is 24.8 Å². The lowest BCUT2D eigenvalue weighted by atomic mass is 9.75. The van der Waals surface area contributed by atoms with E-state index in [-0.39, 0.29) is 24.2 Å². The molecule has 2 aromatic carbocycles. The van der Waals surface area contributed by atoms with Gasteiger partial charge in [-0.25, -0.2) is 9.18 Å². The van der Waals surface area contributed by atoms with Crippen LogP contribution in [0.3, 0.4) is 0 Å². The second-order valence-corrected chi connectivity index (χ2v) is 7.85. The second kappa shape index (κ2) is 8.57. The smallest absolute Gasteiger partial charge is 0.459 e. The standard InChI is InChI=1S/C22H23BFNO5/c1-13-18(10-7-16-12-30-23(28)19(13)16)21(26)25-20(15-3-2-4-15)22(27)29-11-14-5-8-17(24)9-6-14/h5-10,15,20,28H,2-4,11-12H2,1H3,(H,25,26)/t20-/m0/s1. The minimum absolute atomic E-state index is 0.0135. The molecule has 30 heavy (non-hydrogen) atoms. The maximum Gasteiger partial charge on any atom is 0.492 e. The van der Waals surface area contributed by atoms with E-state index in [9.17, 15) is 19.0 Å². The Hall–Kier alpha value is -2.71. The van der Waals surface area contributed by atoms with Crippen LogP contribution in [-0.4, -0.2) is 30.1 Å². The van der Waals surface area contributed by atoms with Crippen molar-refractivity contribution in [3.05, 3.63) is 64.5 Å². The maximum atomic E-state index is 13.0. The lowest BCUT2D eigenvalue weighted by Crippen LogP contribution is -2.49. The molecule has 0 spiro atoms. The highest BCUT2D eigenvalue weighted by Gasteiger charge is 2.36. The summed E-state index contributed by atoms with van der Waals surface area (Å²) in [5, 5.41) is 12.8. The van der Waals surface area contributed by atoms with Crippen LogP contribution >= 0.6 is 0 Å². The van der Waals surface area contributed by atoms with Crippen LogP contribution in [-0.2, 0) is 27.4 Å². The Morgan fingerprint density at radius 1 is 1.27 bits per heavy atom. The Labute approximate surface area is 174 Å². The van der Waals surface area contributed by atoms with Crippen LogP contribution in [0.4, 0.5) is 4.39 Å². The van der Waals surface area contributed by atoms with Crippen molar-refractivity contribution in [3.8, 4) is 0 Å². The Balaban J connectivity index is 1.47. The van der Waals surface area contributed by atoms with Crippen molar-refractivity contribution >= 4 is 24.5 Å². The van der Waals surface area contributed by atoms with Gasteiger partial charge in [-0.15, -0.1) is 0 Å². The largest absolute Gasteiger partial charge is 0.492 e. The summed E-state index contributed by atoms with van der Waals surface area (Å²) in [7, 11) is -1.05. The number of amides is 1. The van der Waals surface area contributed by atoms with Crippen LogP contribution in [0.1, 0.15) is 46.3 Å². The van der Waals surface area contributed by atoms with E-state index < -0.39 is 19.1 Å². The average molecular weight is 411 g/mol. The number of hydrogen-bond acceptors (Lipinski definition) is 5. The van der Waals surface area contributed by atoms with Crippen LogP contribution in [0, 0.1) is 18.7 Å². The van der Waals surface area contributed by atoms with Crippen LogP contribution in [0.25, 0.3) is 0 Å². The highest BCUT2D eigenvalue weighted by Crippen LogP contribution is 2.30. The van der Waals surface area contributed by atoms with Gasteiger partial charge in [0.25, 0.3) is 5.91 Å². The zero-order valence-corrected chi connectivity index (χ0v) is 16.7. The van der Waals surface area contributed by atoms with Crippen molar-refractivity contribution in [3.63, 3.8) is 0 Å². The maximum absolute atomic E-state index is 13.0. The highest BCUT2D eigenvalue weighted by atomic mass is 19.1. The molecule has 0 unspecified atom stereocenters. The summed E-state index contributed by atoms with van der Waals surface area (Å²) in [6.45, 7) is 2.08.